The molecule has 0 aliphatic carbocycles. The van der Waals surface area contributed by atoms with E-state index in [0.717, 1.165) is 28.1 Å². The maximum absolute atomic E-state index is 13.3. The number of halogens is 2. The molecule has 4 nitrogen and oxygen atoms in total. The van der Waals surface area contributed by atoms with Crippen molar-refractivity contribution in [1.82, 2.24) is 15.5 Å². The summed E-state index contributed by atoms with van der Waals surface area (Å²) in [4.78, 5) is 12.3. The van der Waals surface area contributed by atoms with Gasteiger partial charge in [0.05, 0.1) is 5.69 Å². The van der Waals surface area contributed by atoms with Gasteiger partial charge in [-0.15, -0.1) is 0 Å². The fraction of sp³-hybridized carbons (Fsp3) is 0.304. The standard InChI is InChI=1S/C23H25ClFN3O/c1-15-21(16(2)28-27-15)11-12-23(29)26-14-13-22(17-3-7-19(24)8-4-17)18-5-9-20(25)10-6-18/h3-10,22H,11-14H2,1-2H3,(H,26,29)(H,27,28)/t22-/m0/s1. The van der Waals surface area contributed by atoms with Crippen LogP contribution in [0.15, 0.2) is 48.5 Å². The number of carbonyl (C=O) groups is 1. The van der Waals surface area contributed by atoms with E-state index in [1.165, 1.54) is 12.1 Å². The normalized spacial score (nSPS) is 12.0. The first kappa shape index (κ1) is 21.1. The number of benzene rings is 2. The van der Waals surface area contributed by atoms with Gasteiger partial charge in [0, 0.05) is 29.6 Å². The molecule has 2 N–H and O–H groups in total. The van der Waals surface area contributed by atoms with Crippen LogP contribution < -0.4 is 5.32 Å². The molecule has 0 spiro atoms. The number of nitrogens with one attached hydrogen (secondary N) is 2. The second-order valence-corrected chi connectivity index (χ2v) is 7.64. The minimum absolute atomic E-state index is 0.0129. The molecule has 0 aliphatic heterocycles. The summed E-state index contributed by atoms with van der Waals surface area (Å²) >= 11 is 6.02. The topological polar surface area (TPSA) is 57.8 Å². The smallest absolute Gasteiger partial charge is 0.220 e. The summed E-state index contributed by atoms with van der Waals surface area (Å²) in [6, 6.07) is 14.2. The maximum Gasteiger partial charge on any atom is 0.220 e. The quantitative estimate of drug-likeness (QED) is 0.540. The lowest BCUT2D eigenvalue weighted by Gasteiger charge is -2.19. The fourth-order valence-electron chi connectivity index (χ4n) is 3.54. The maximum atomic E-state index is 13.3. The van der Waals surface area contributed by atoms with E-state index in [9.17, 15) is 9.18 Å². The van der Waals surface area contributed by atoms with E-state index in [1.807, 2.05) is 38.1 Å². The van der Waals surface area contributed by atoms with Crippen molar-refractivity contribution in [3.05, 3.63) is 87.4 Å². The molecular formula is C23H25ClFN3O. The summed E-state index contributed by atoms with van der Waals surface area (Å²) in [7, 11) is 0. The summed E-state index contributed by atoms with van der Waals surface area (Å²) in [6.07, 6.45) is 1.80. The lowest BCUT2D eigenvalue weighted by atomic mass is 9.88. The van der Waals surface area contributed by atoms with Gasteiger partial charge in [-0.2, -0.15) is 5.10 Å². The highest BCUT2D eigenvalue weighted by Gasteiger charge is 2.15. The largest absolute Gasteiger partial charge is 0.356 e. The van der Waals surface area contributed by atoms with Crippen molar-refractivity contribution < 1.29 is 9.18 Å². The van der Waals surface area contributed by atoms with Gasteiger partial charge in [-0.1, -0.05) is 35.9 Å². The van der Waals surface area contributed by atoms with Gasteiger partial charge in [0.2, 0.25) is 5.91 Å². The van der Waals surface area contributed by atoms with Gasteiger partial charge < -0.3 is 5.32 Å². The average Bonchev–Trinajstić information content (AvgIpc) is 3.03. The van der Waals surface area contributed by atoms with Crippen LogP contribution in [0.2, 0.25) is 5.02 Å². The van der Waals surface area contributed by atoms with Crippen molar-refractivity contribution in [3.8, 4) is 0 Å². The number of hydrogen-bond acceptors (Lipinski definition) is 2. The molecule has 0 fully saturated rings. The molecule has 3 rings (SSSR count). The number of aromatic amines is 1. The van der Waals surface area contributed by atoms with Crippen LogP contribution >= 0.6 is 11.6 Å². The predicted octanol–water partition coefficient (Wildman–Crippen LogP) is 5.09. The Labute approximate surface area is 175 Å². The highest BCUT2D eigenvalue weighted by molar-refractivity contribution is 6.30. The number of aryl methyl sites for hydroxylation is 2. The molecule has 152 valence electrons. The van der Waals surface area contributed by atoms with E-state index in [0.29, 0.717) is 30.8 Å². The molecule has 0 unspecified atom stereocenters. The third-order valence-corrected chi connectivity index (χ3v) is 5.43. The third-order valence-electron chi connectivity index (χ3n) is 5.18. The summed E-state index contributed by atoms with van der Waals surface area (Å²) in [6.45, 7) is 4.44. The average molecular weight is 414 g/mol. The van der Waals surface area contributed by atoms with Gasteiger partial charge in [0.15, 0.2) is 0 Å². The summed E-state index contributed by atoms with van der Waals surface area (Å²) < 4.78 is 13.3. The van der Waals surface area contributed by atoms with Gasteiger partial charge in [-0.25, -0.2) is 4.39 Å². The second kappa shape index (κ2) is 9.70. The Morgan fingerprint density at radius 2 is 1.72 bits per heavy atom. The first-order valence-corrected chi connectivity index (χ1v) is 10.1. The van der Waals surface area contributed by atoms with E-state index < -0.39 is 0 Å². The number of amides is 1. The number of H-pyrrole nitrogens is 1. The summed E-state index contributed by atoms with van der Waals surface area (Å²) in [5, 5.41) is 10.8. The zero-order chi connectivity index (χ0) is 20.8. The van der Waals surface area contributed by atoms with E-state index in [2.05, 4.69) is 15.5 Å². The molecule has 29 heavy (non-hydrogen) atoms. The van der Waals surface area contributed by atoms with Crippen LogP contribution in [0.5, 0.6) is 0 Å². The van der Waals surface area contributed by atoms with E-state index in [-0.39, 0.29) is 17.6 Å². The van der Waals surface area contributed by atoms with Gasteiger partial charge in [0.25, 0.3) is 0 Å². The van der Waals surface area contributed by atoms with Gasteiger partial charge in [0.1, 0.15) is 5.82 Å². The highest BCUT2D eigenvalue weighted by atomic mass is 35.5. The molecule has 2 aromatic carbocycles. The Morgan fingerprint density at radius 3 is 2.31 bits per heavy atom. The predicted molar refractivity (Wildman–Crippen MR) is 114 cm³/mol. The lowest BCUT2D eigenvalue weighted by molar-refractivity contribution is -0.121. The van der Waals surface area contributed by atoms with Crippen LogP contribution in [-0.4, -0.2) is 22.6 Å². The van der Waals surface area contributed by atoms with E-state index in [1.54, 1.807) is 12.1 Å². The Kier molecular flexibility index (Phi) is 7.04. The number of nitrogens with zero attached hydrogens (tertiary/aromatic N) is 1. The monoisotopic (exact) mass is 413 g/mol. The van der Waals surface area contributed by atoms with Crippen LogP contribution in [-0.2, 0) is 11.2 Å². The van der Waals surface area contributed by atoms with Gasteiger partial charge in [-0.3, -0.25) is 9.89 Å². The zero-order valence-electron chi connectivity index (χ0n) is 16.6. The first-order valence-electron chi connectivity index (χ1n) is 9.72. The van der Waals surface area contributed by atoms with Crippen molar-refractivity contribution in [2.75, 3.05) is 6.54 Å². The van der Waals surface area contributed by atoms with Gasteiger partial charge in [-0.05, 0) is 67.6 Å². The van der Waals surface area contributed by atoms with Crippen LogP contribution in [0.25, 0.3) is 0 Å². The van der Waals surface area contributed by atoms with Crippen molar-refractivity contribution in [1.29, 1.82) is 0 Å². The summed E-state index contributed by atoms with van der Waals surface area (Å²) in [5.74, 6) is -0.202. The molecule has 0 aliphatic rings. The van der Waals surface area contributed by atoms with Gasteiger partial charge >= 0.3 is 0 Å². The Balaban J connectivity index is 1.60. The lowest BCUT2D eigenvalue weighted by Crippen LogP contribution is -2.26. The number of rotatable bonds is 8. The van der Waals surface area contributed by atoms with E-state index in [4.69, 9.17) is 11.6 Å². The zero-order valence-corrected chi connectivity index (χ0v) is 17.4. The van der Waals surface area contributed by atoms with Crippen molar-refractivity contribution in [2.24, 2.45) is 0 Å². The first-order chi connectivity index (χ1) is 13.9. The molecule has 1 amide bonds. The molecule has 0 saturated carbocycles. The number of aromatic nitrogens is 2. The molecule has 0 saturated heterocycles. The van der Waals surface area contributed by atoms with Crippen LogP contribution in [0.1, 0.15) is 46.8 Å². The molecule has 1 atom stereocenters. The molecule has 0 bridgehead atoms. The van der Waals surface area contributed by atoms with Crippen molar-refractivity contribution in [2.45, 2.75) is 39.0 Å². The Morgan fingerprint density at radius 1 is 1.10 bits per heavy atom. The van der Waals surface area contributed by atoms with E-state index >= 15 is 0 Å². The number of hydrogen-bond donors (Lipinski definition) is 2. The minimum atomic E-state index is -0.262. The molecule has 3 aromatic rings. The Bertz CT molecular complexity index is 886. The SMILES string of the molecule is Cc1n[nH]c(C)c1CCC(=O)NCC[C@H](c1ccc(F)cc1)c1ccc(Cl)cc1. The fourth-order valence-corrected chi connectivity index (χ4v) is 3.67. The van der Waals surface area contributed by atoms with Crippen LogP contribution in [0.3, 0.4) is 0 Å². The number of carbonyl (C=O) groups excluding carboxylic acids is 1. The van der Waals surface area contributed by atoms with Crippen molar-refractivity contribution >= 4 is 17.5 Å². The Hall–Kier alpha value is -2.66. The molecule has 0 radical (unpaired) electrons. The van der Waals surface area contributed by atoms with Crippen LogP contribution in [0.4, 0.5) is 4.39 Å². The van der Waals surface area contributed by atoms with Crippen molar-refractivity contribution in [3.63, 3.8) is 0 Å². The molecular weight excluding hydrogens is 389 g/mol. The second-order valence-electron chi connectivity index (χ2n) is 7.21. The third kappa shape index (κ3) is 5.67. The summed E-state index contributed by atoms with van der Waals surface area (Å²) in [5.41, 5.74) is 5.14. The molecule has 1 heterocycles. The minimum Gasteiger partial charge on any atom is -0.356 e. The molecule has 1 aromatic heterocycles. The highest BCUT2D eigenvalue weighted by Crippen LogP contribution is 2.29. The molecule has 6 heteroatoms. The van der Waals surface area contributed by atoms with Crippen LogP contribution in [0, 0.1) is 19.7 Å².